The fraction of sp³-hybridized carbons (Fsp3) is 0.269. The molecular formula is C26H28N2O3S. The first-order valence-corrected chi connectivity index (χ1v) is 12.3. The summed E-state index contributed by atoms with van der Waals surface area (Å²) in [7, 11) is -3.94. The third-order valence-corrected chi connectivity index (χ3v) is 7.71. The van der Waals surface area contributed by atoms with Crippen molar-refractivity contribution in [2.24, 2.45) is 0 Å². The Labute approximate surface area is 190 Å². The summed E-state index contributed by atoms with van der Waals surface area (Å²) < 4.78 is 28.7. The zero-order valence-corrected chi connectivity index (χ0v) is 19.5. The molecule has 0 radical (unpaired) electrons. The van der Waals surface area contributed by atoms with Crippen molar-refractivity contribution in [3.05, 3.63) is 89.0 Å². The van der Waals surface area contributed by atoms with Gasteiger partial charge in [-0.3, -0.25) is 9.10 Å². The molecule has 1 aliphatic rings. The van der Waals surface area contributed by atoms with Gasteiger partial charge in [0.25, 0.3) is 10.0 Å². The molecule has 32 heavy (non-hydrogen) atoms. The van der Waals surface area contributed by atoms with Crippen LogP contribution in [0.3, 0.4) is 0 Å². The summed E-state index contributed by atoms with van der Waals surface area (Å²) in [6.07, 6.45) is 1.78. The maximum Gasteiger partial charge on any atom is 0.264 e. The highest BCUT2D eigenvalue weighted by Gasteiger charge is 2.31. The fourth-order valence-electron chi connectivity index (χ4n) is 4.13. The Bertz CT molecular complexity index is 1250. The van der Waals surface area contributed by atoms with Crippen LogP contribution in [0.4, 0.5) is 11.4 Å². The summed E-state index contributed by atoms with van der Waals surface area (Å²) in [4.78, 5) is 15.4. The van der Waals surface area contributed by atoms with Crippen molar-refractivity contribution < 1.29 is 13.2 Å². The van der Waals surface area contributed by atoms with Gasteiger partial charge in [0, 0.05) is 12.2 Å². The van der Waals surface area contributed by atoms with Crippen LogP contribution in [0.1, 0.15) is 28.7 Å². The maximum atomic E-state index is 13.7. The number of carbonyl (C=O) groups is 1. The Morgan fingerprint density at radius 2 is 1.62 bits per heavy atom. The summed E-state index contributed by atoms with van der Waals surface area (Å²) >= 11 is 0. The monoisotopic (exact) mass is 448 g/mol. The number of hydrogen-bond donors (Lipinski definition) is 0. The standard InChI is InChI=1S/C26H28N2O3S/c1-19-11-14-23(15-12-19)32(30,31)28(25-17-20(2)10-13-21(25)3)18-26(29)27-16-6-8-22-7-4-5-9-24(22)27/h4-5,7,9-15,17H,6,8,16,18H2,1-3H3. The molecule has 1 amide bonds. The van der Waals surface area contributed by atoms with Gasteiger partial charge in [0.1, 0.15) is 6.54 Å². The second-order valence-corrected chi connectivity index (χ2v) is 10.3. The van der Waals surface area contributed by atoms with E-state index in [1.165, 1.54) is 4.31 Å². The Kier molecular flexibility index (Phi) is 6.07. The zero-order valence-electron chi connectivity index (χ0n) is 18.7. The summed E-state index contributed by atoms with van der Waals surface area (Å²) in [5.74, 6) is -0.228. The molecule has 0 saturated carbocycles. The minimum absolute atomic E-state index is 0.177. The topological polar surface area (TPSA) is 57.7 Å². The first-order chi connectivity index (χ1) is 15.3. The van der Waals surface area contributed by atoms with Gasteiger partial charge >= 0.3 is 0 Å². The van der Waals surface area contributed by atoms with Gasteiger partial charge in [-0.25, -0.2) is 8.42 Å². The number of amides is 1. The van der Waals surface area contributed by atoms with Crippen LogP contribution in [0.5, 0.6) is 0 Å². The van der Waals surface area contributed by atoms with Crippen LogP contribution in [0.15, 0.2) is 71.6 Å². The van der Waals surface area contributed by atoms with E-state index in [1.54, 1.807) is 29.2 Å². The van der Waals surface area contributed by atoms with Crippen LogP contribution in [-0.4, -0.2) is 27.4 Å². The molecule has 1 heterocycles. The molecule has 3 aromatic carbocycles. The predicted octanol–water partition coefficient (Wildman–Crippen LogP) is 4.79. The van der Waals surface area contributed by atoms with E-state index in [2.05, 4.69) is 0 Å². The number of carbonyl (C=O) groups excluding carboxylic acids is 1. The Hall–Kier alpha value is -3.12. The van der Waals surface area contributed by atoms with E-state index in [9.17, 15) is 13.2 Å². The molecule has 0 N–H and O–H groups in total. The Balaban J connectivity index is 1.76. The highest BCUT2D eigenvalue weighted by molar-refractivity contribution is 7.92. The molecule has 0 atom stereocenters. The summed E-state index contributed by atoms with van der Waals surface area (Å²) in [5, 5.41) is 0. The van der Waals surface area contributed by atoms with Crippen LogP contribution < -0.4 is 9.21 Å². The molecule has 0 aromatic heterocycles. The third kappa shape index (κ3) is 4.28. The molecule has 0 fully saturated rings. The van der Waals surface area contributed by atoms with Crippen LogP contribution in [0.25, 0.3) is 0 Å². The van der Waals surface area contributed by atoms with E-state index in [-0.39, 0.29) is 17.3 Å². The van der Waals surface area contributed by atoms with Gasteiger partial charge in [-0.2, -0.15) is 0 Å². The largest absolute Gasteiger partial charge is 0.311 e. The van der Waals surface area contributed by atoms with Gasteiger partial charge in [-0.05, 0) is 74.6 Å². The lowest BCUT2D eigenvalue weighted by Crippen LogP contribution is -2.45. The van der Waals surface area contributed by atoms with E-state index in [0.29, 0.717) is 12.2 Å². The molecule has 0 spiro atoms. The summed E-state index contributed by atoms with van der Waals surface area (Å²) in [6, 6.07) is 20.3. The lowest BCUT2D eigenvalue weighted by Gasteiger charge is -2.32. The smallest absolute Gasteiger partial charge is 0.264 e. The molecule has 4 rings (SSSR count). The Morgan fingerprint density at radius 3 is 2.38 bits per heavy atom. The van der Waals surface area contributed by atoms with E-state index in [1.807, 2.05) is 63.2 Å². The van der Waals surface area contributed by atoms with Gasteiger partial charge in [0.2, 0.25) is 5.91 Å². The highest BCUT2D eigenvalue weighted by Crippen LogP contribution is 2.30. The molecule has 5 nitrogen and oxygen atoms in total. The quantitative estimate of drug-likeness (QED) is 0.564. The molecule has 0 saturated heterocycles. The number of aryl methyl sites for hydroxylation is 4. The number of hydrogen-bond acceptors (Lipinski definition) is 3. The average Bonchev–Trinajstić information content (AvgIpc) is 2.79. The molecule has 6 heteroatoms. The predicted molar refractivity (Wildman–Crippen MR) is 129 cm³/mol. The lowest BCUT2D eigenvalue weighted by molar-refractivity contribution is -0.117. The number of sulfonamides is 1. The number of para-hydroxylation sites is 1. The highest BCUT2D eigenvalue weighted by atomic mass is 32.2. The number of fused-ring (bicyclic) bond motifs is 1. The van der Waals surface area contributed by atoms with Crippen molar-refractivity contribution in [2.45, 2.75) is 38.5 Å². The van der Waals surface area contributed by atoms with Gasteiger partial charge in [0.15, 0.2) is 0 Å². The molecule has 0 unspecified atom stereocenters. The SMILES string of the molecule is Cc1ccc(S(=O)(=O)N(CC(=O)N2CCCc3ccccc32)c2cc(C)ccc2C)cc1. The van der Waals surface area contributed by atoms with Gasteiger partial charge < -0.3 is 4.90 Å². The molecule has 1 aliphatic heterocycles. The molecule has 166 valence electrons. The number of nitrogens with zero attached hydrogens (tertiary/aromatic N) is 2. The number of rotatable bonds is 5. The fourth-order valence-corrected chi connectivity index (χ4v) is 5.60. The maximum absolute atomic E-state index is 13.7. The van der Waals surface area contributed by atoms with Crippen molar-refractivity contribution in [3.8, 4) is 0 Å². The van der Waals surface area contributed by atoms with E-state index < -0.39 is 10.0 Å². The number of anilines is 2. The van der Waals surface area contributed by atoms with Crippen LogP contribution >= 0.6 is 0 Å². The van der Waals surface area contributed by atoms with E-state index >= 15 is 0 Å². The van der Waals surface area contributed by atoms with Crippen molar-refractivity contribution in [1.82, 2.24) is 0 Å². The minimum atomic E-state index is -3.94. The first-order valence-electron chi connectivity index (χ1n) is 10.8. The zero-order chi connectivity index (χ0) is 22.9. The van der Waals surface area contributed by atoms with Crippen molar-refractivity contribution in [1.29, 1.82) is 0 Å². The second kappa shape index (κ2) is 8.79. The van der Waals surface area contributed by atoms with E-state index in [4.69, 9.17) is 0 Å². The second-order valence-electron chi connectivity index (χ2n) is 8.39. The van der Waals surface area contributed by atoms with Crippen LogP contribution in [-0.2, 0) is 21.2 Å². The van der Waals surface area contributed by atoms with Crippen LogP contribution in [0, 0.1) is 20.8 Å². The third-order valence-electron chi connectivity index (χ3n) is 5.93. The number of benzene rings is 3. The molecule has 3 aromatic rings. The summed E-state index contributed by atoms with van der Waals surface area (Å²) in [6.45, 7) is 6.03. The van der Waals surface area contributed by atoms with Gasteiger partial charge in [-0.1, -0.05) is 48.0 Å². The van der Waals surface area contributed by atoms with E-state index in [0.717, 1.165) is 40.8 Å². The van der Waals surface area contributed by atoms with Gasteiger partial charge in [-0.15, -0.1) is 0 Å². The molecular weight excluding hydrogens is 420 g/mol. The summed E-state index contributed by atoms with van der Waals surface area (Å²) in [5.41, 5.74) is 5.24. The average molecular weight is 449 g/mol. The van der Waals surface area contributed by atoms with Crippen molar-refractivity contribution in [2.75, 3.05) is 22.3 Å². The normalized spacial score (nSPS) is 13.5. The minimum Gasteiger partial charge on any atom is -0.311 e. The molecule has 0 aliphatic carbocycles. The lowest BCUT2D eigenvalue weighted by atomic mass is 10.0. The van der Waals surface area contributed by atoms with Crippen LogP contribution in [0.2, 0.25) is 0 Å². The van der Waals surface area contributed by atoms with Crippen molar-refractivity contribution in [3.63, 3.8) is 0 Å². The Morgan fingerprint density at radius 1 is 0.938 bits per heavy atom. The van der Waals surface area contributed by atoms with Crippen molar-refractivity contribution >= 4 is 27.3 Å². The first kappa shape index (κ1) is 22.1. The van der Waals surface area contributed by atoms with Gasteiger partial charge in [0.05, 0.1) is 10.6 Å². The molecule has 0 bridgehead atoms.